The van der Waals surface area contributed by atoms with E-state index in [1.54, 1.807) is 31.2 Å². The van der Waals surface area contributed by atoms with Gasteiger partial charge in [-0.1, -0.05) is 36.1 Å². The van der Waals surface area contributed by atoms with E-state index in [1.165, 1.54) is 30.1 Å². The van der Waals surface area contributed by atoms with Gasteiger partial charge in [0.15, 0.2) is 16.3 Å². The predicted molar refractivity (Wildman–Crippen MR) is 168 cm³/mol. The van der Waals surface area contributed by atoms with Crippen LogP contribution in [0.4, 0.5) is 0 Å². The molecular weight excluding hydrogens is 692 g/mol. The molecule has 3 aromatic rings. The average molecular weight is 722 g/mol. The normalized spacial score (nSPS) is 14.7. The summed E-state index contributed by atoms with van der Waals surface area (Å²) in [4.78, 5) is 32.7. The van der Waals surface area contributed by atoms with E-state index in [2.05, 4.69) is 43.4 Å². The fourth-order valence-corrected chi connectivity index (χ4v) is 6.97. The van der Waals surface area contributed by atoms with Crippen LogP contribution in [0.15, 0.2) is 73.0 Å². The second-order valence-corrected chi connectivity index (χ2v) is 11.7. The summed E-state index contributed by atoms with van der Waals surface area (Å²) in [7, 11) is 3.06. The van der Waals surface area contributed by atoms with Gasteiger partial charge in [0.2, 0.25) is 0 Å². The van der Waals surface area contributed by atoms with Gasteiger partial charge in [-0.2, -0.15) is 0 Å². The van der Waals surface area contributed by atoms with Gasteiger partial charge in [-0.25, -0.2) is 9.79 Å². The van der Waals surface area contributed by atoms with Gasteiger partial charge in [0, 0.05) is 12.7 Å². The van der Waals surface area contributed by atoms with Crippen LogP contribution in [-0.4, -0.2) is 51.2 Å². The lowest BCUT2D eigenvalue weighted by Crippen LogP contribution is -2.40. The molecule has 0 aliphatic carbocycles. The molecule has 2 aromatic carbocycles. The molecule has 0 amide bonds. The number of rotatable bonds is 12. The van der Waals surface area contributed by atoms with Crippen molar-refractivity contribution in [2.75, 3.05) is 40.6 Å². The van der Waals surface area contributed by atoms with Crippen molar-refractivity contribution < 1.29 is 28.5 Å². The van der Waals surface area contributed by atoms with Crippen molar-refractivity contribution in [2.45, 2.75) is 19.9 Å². The molecule has 1 aliphatic heterocycles. The first-order chi connectivity index (χ1) is 20.2. The van der Waals surface area contributed by atoms with E-state index in [0.717, 1.165) is 5.56 Å². The number of carbonyl (C=O) groups is 1. The molecule has 0 bridgehead atoms. The van der Waals surface area contributed by atoms with Crippen LogP contribution in [0.25, 0.3) is 6.08 Å². The number of benzene rings is 2. The number of carbonyl (C=O) groups excluding carboxylic acids is 1. The molecule has 0 unspecified atom stereocenters. The van der Waals surface area contributed by atoms with Crippen molar-refractivity contribution in [3.8, 4) is 17.2 Å². The molecule has 2 heterocycles. The van der Waals surface area contributed by atoms with Crippen LogP contribution in [0.1, 0.15) is 31.0 Å². The van der Waals surface area contributed by atoms with Crippen molar-refractivity contribution in [1.82, 2.24) is 4.57 Å². The number of aromatic nitrogens is 1. The smallest absolute Gasteiger partial charge is 0.338 e. The molecule has 12 heteroatoms. The third-order valence-electron chi connectivity index (χ3n) is 6.24. The van der Waals surface area contributed by atoms with Crippen LogP contribution in [0, 0.1) is 0 Å². The Bertz CT molecular complexity index is 1690. The molecule has 9 nitrogen and oxygen atoms in total. The first-order valence-corrected chi connectivity index (χ1v) is 15.4. The van der Waals surface area contributed by atoms with Crippen molar-refractivity contribution in [2.24, 2.45) is 4.99 Å². The summed E-state index contributed by atoms with van der Waals surface area (Å²) < 4.78 is 31.2. The number of hydrogen-bond acceptors (Lipinski definition) is 9. The van der Waals surface area contributed by atoms with E-state index in [4.69, 9.17) is 23.7 Å². The molecule has 0 fully saturated rings. The number of hydrogen-bond donors (Lipinski definition) is 0. The molecule has 1 aliphatic rings. The molecule has 4 rings (SSSR count). The van der Waals surface area contributed by atoms with Gasteiger partial charge in [0.05, 0.1) is 45.1 Å². The predicted octanol–water partition coefficient (Wildman–Crippen LogP) is 4.92. The summed E-state index contributed by atoms with van der Waals surface area (Å²) in [5.74, 6) is 0.941. The van der Waals surface area contributed by atoms with E-state index in [0.29, 0.717) is 60.0 Å². The van der Waals surface area contributed by atoms with Gasteiger partial charge in [0.25, 0.3) is 5.56 Å². The Labute approximate surface area is 264 Å². The van der Waals surface area contributed by atoms with Crippen LogP contribution >= 0.6 is 43.2 Å². The highest BCUT2D eigenvalue weighted by Gasteiger charge is 2.36. The van der Waals surface area contributed by atoms with Crippen LogP contribution in [0.5, 0.6) is 17.2 Å². The highest BCUT2D eigenvalue weighted by molar-refractivity contribution is 9.11. The zero-order chi connectivity index (χ0) is 30.4. The number of esters is 1. The average Bonchev–Trinajstić information content (AvgIpc) is 3.26. The van der Waals surface area contributed by atoms with Gasteiger partial charge >= 0.3 is 5.97 Å². The topological polar surface area (TPSA) is 97.6 Å². The van der Waals surface area contributed by atoms with Crippen molar-refractivity contribution >= 4 is 55.2 Å². The van der Waals surface area contributed by atoms with Gasteiger partial charge < -0.3 is 23.7 Å². The van der Waals surface area contributed by atoms with Crippen LogP contribution in [0.3, 0.4) is 0 Å². The number of allylic oxidation sites excluding steroid dienone is 1. The van der Waals surface area contributed by atoms with E-state index >= 15 is 0 Å². The minimum atomic E-state index is -0.872. The van der Waals surface area contributed by atoms with Crippen LogP contribution in [0.2, 0.25) is 0 Å². The van der Waals surface area contributed by atoms with Gasteiger partial charge in [-0.15, -0.1) is 0 Å². The fraction of sp³-hybridized carbons (Fsp3) is 0.300. The van der Waals surface area contributed by atoms with E-state index in [9.17, 15) is 9.59 Å². The SMILES string of the molecule is C=CCOc1c(Br)cc(/C=c2/sc3n(c2=O)[C@@H](c2cccc(OC)c2OCC)C(C(=O)OCCOC)=C(C)N=3)cc1Br. The number of fused-ring (bicyclic) bond motifs is 1. The molecule has 1 atom stereocenters. The van der Waals surface area contributed by atoms with Crippen molar-refractivity contribution in [3.63, 3.8) is 0 Å². The third-order valence-corrected chi connectivity index (χ3v) is 8.40. The second kappa shape index (κ2) is 14.3. The Balaban J connectivity index is 1.93. The summed E-state index contributed by atoms with van der Waals surface area (Å²) in [5, 5.41) is 0. The zero-order valence-corrected chi connectivity index (χ0v) is 27.6. The number of halogens is 2. The molecule has 0 N–H and O–H groups in total. The van der Waals surface area contributed by atoms with E-state index in [1.807, 2.05) is 25.1 Å². The molecule has 0 saturated heterocycles. The summed E-state index contributed by atoms with van der Waals surface area (Å²) in [6.45, 7) is 8.24. The maximum absolute atomic E-state index is 14.1. The number of para-hydroxylation sites is 1. The second-order valence-electron chi connectivity index (χ2n) is 8.94. The quantitative estimate of drug-likeness (QED) is 0.149. The fourth-order valence-electron chi connectivity index (χ4n) is 4.47. The highest BCUT2D eigenvalue weighted by Crippen LogP contribution is 2.41. The maximum Gasteiger partial charge on any atom is 0.338 e. The zero-order valence-electron chi connectivity index (χ0n) is 23.6. The Morgan fingerprint density at radius 3 is 2.52 bits per heavy atom. The molecule has 0 saturated carbocycles. The third kappa shape index (κ3) is 6.56. The molecule has 0 radical (unpaired) electrons. The minimum absolute atomic E-state index is 0.0515. The standard InChI is InChI=1S/C30H30Br2N2O7S/c1-6-11-40-27-20(31)14-18(15-21(27)32)16-23-28(35)34-25(19-9-8-10-22(38-5)26(19)39-7-2)24(17(3)33-30(34)42-23)29(36)41-13-12-37-4/h6,8-10,14-16,25H,1,7,11-13H2,2-5H3/b23-16+/t25-/m0/s1. The summed E-state index contributed by atoms with van der Waals surface area (Å²) in [6, 6.07) is 8.22. The van der Waals surface area contributed by atoms with Crippen molar-refractivity contribution in [1.29, 1.82) is 0 Å². The number of thiazole rings is 1. The monoisotopic (exact) mass is 720 g/mol. The first-order valence-electron chi connectivity index (χ1n) is 13.0. The highest BCUT2D eigenvalue weighted by atomic mass is 79.9. The Morgan fingerprint density at radius 2 is 1.88 bits per heavy atom. The van der Waals surface area contributed by atoms with Crippen LogP contribution in [-0.2, 0) is 14.3 Å². The van der Waals surface area contributed by atoms with Gasteiger partial charge in [-0.05, 0) is 75.5 Å². The minimum Gasteiger partial charge on any atom is -0.493 e. The number of ether oxygens (including phenoxy) is 5. The number of methoxy groups -OCH3 is 2. The lowest BCUT2D eigenvalue weighted by molar-refractivity contribution is -0.140. The Morgan fingerprint density at radius 1 is 1.14 bits per heavy atom. The first kappa shape index (κ1) is 31.7. The lowest BCUT2D eigenvalue weighted by atomic mass is 9.94. The Hall–Kier alpha value is -3.19. The summed E-state index contributed by atoms with van der Waals surface area (Å²) >= 11 is 8.33. The number of nitrogens with zero attached hydrogens (tertiary/aromatic N) is 2. The lowest BCUT2D eigenvalue weighted by Gasteiger charge is -2.27. The molecular formula is C30H30Br2N2O7S. The molecule has 42 heavy (non-hydrogen) atoms. The van der Waals surface area contributed by atoms with E-state index in [-0.39, 0.29) is 24.3 Å². The maximum atomic E-state index is 14.1. The molecule has 0 spiro atoms. The van der Waals surface area contributed by atoms with Gasteiger partial charge in [-0.3, -0.25) is 9.36 Å². The molecule has 222 valence electrons. The molecule has 1 aromatic heterocycles. The van der Waals surface area contributed by atoms with E-state index < -0.39 is 12.0 Å². The summed E-state index contributed by atoms with van der Waals surface area (Å²) in [6.07, 6.45) is 3.44. The summed E-state index contributed by atoms with van der Waals surface area (Å²) in [5.41, 5.74) is 1.69. The van der Waals surface area contributed by atoms with Crippen molar-refractivity contribution in [3.05, 3.63) is 94.0 Å². The van der Waals surface area contributed by atoms with Gasteiger partial charge in [0.1, 0.15) is 25.0 Å². The largest absolute Gasteiger partial charge is 0.493 e. The Kier molecular flexibility index (Phi) is 10.8. The van der Waals surface area contributed by atoms with Crippen LogP contribution < -0.4 is 29.1 Å².